The molecule has 0 saturated heterocycles. The molecule has 2 aromatic rings. The number of urea groups is 1. The highest BCUT2D eigenvalue weighted by Gasteiger charge is 2.17. The van der Waals surface area contributed by atoms with E-state index in [1.807, 2.05) is 18.2 Å². The molecule has 3 rings (SSSR count). The molecular formula is C20H24N6O3. The minimum Gasteiger partial charge on any atom is -0.462 e. The lowest BCUT2D eigenvalue weighted by Crippen LogP contribution is -2.40. The molecule has 0 fully saturated rings. The number of carbonyl (C=O) groups excluding carboxylic acids is 2. The maximum atomic E-state index is 12.1. The van der Waals surface area contributed by atoms with Crippen molar-refractivity contribution in [1.82, 2.24) is 15.2 Å². The van der Waals surface area contributed by atoms with E-state index >= 15 is 0 Å². The highest BCUT2D eigenvalue weighted by molar-refractivity contribution is 5.94. The first-order valence-corrected chi connectivity index (χ1v) is 9.45. The van der Waals surface area contributed by atoms with E-state index < -0.39 is 0 Å². The summed E-state index contributed by atoms with van der Waals surface area (Å²) in [6, 6.07) is 11.9. The molecule has 2 amide bonds. The Balaban J connectivity index is 1.41. The third kappa shape index (κ3) is 5.93. The number of hydrogen-bond acceptors (Lipinski definition) is 7. The van der Waals surface area contributed by atoms with Crippen LogP contribution in [0.5, 0.6) is 0 Å². The smallest absolute Gasteiger partial charge is 0.338 e. The second-order valence-corrected chi connectivity index (χ2v) is 6.21. The molecule has 152 valence electrons. The first-order valence-electron chi connectivity index (χ1n) is 9.45. The summed E-state index contributed by atoms with van der Waals surface area (Å²) in [5.74, 6) is 1.10. The number of nitrogens with one attached hydrogen (secondary N) is 3. The normalized spacial score (nSPS) is 12.9. The van der Waals surface area contributed by atoms with Crippen molar-refractivity contribution >= 4 is 29.5 Å². The van der Waals surface area contributed by atoms with Crippen LogP contribution in [0.4, 0.5) is 16.3 Å². The number of aromatic nitrogens is 1. The number of aliphatic imine (C=N–C) groups is 1. The lowest BCUT2D eigenvalue weighted by molar-refractivity contribution is 0.0526. The standard InChI is InChI=1S/C20H24N6O3/c1-2-29-18(27)15-6-8-16(9-7-15)24-20(28)23-12-14-26-13-11-22-19(26)25-17-5-3-4-10-21-17/h3-10H,2,11-14H2,1H3,(H,21,22,25)(H2,23,24,28). The molecule has 0 saturated carbocycles. The van der Waals surface area contributed by atoms with Crippen molar-refractivity contribution in [2.45, 2.75) is 6.92 Å². The maximum Gasteiger partial charge on any atom is 0.338 e. The Bertz CT molecular complexity index is 854. The van der Waals surface area contributed by atoms with Gasteiger partial charge in [-0.25, -0.2) is 14.6 Å². The third-order valence-electron chi connectivity index (χ3n) is 4.16. The SMILES string of the molecule is CCOC(=O)c1ccc(NC(=O)NCCN2CCN=C2Nc2ccccn2)cc1. The molecule has 3 N–H and O–H groups in total. The minimum atomic E-state index is -0.383. The van der Waals surface area contributed by atoms with Crippen molar-refractivity contribution in [2.24, 2.45) is 4.99 Å². The van der Waals surface area contributed by atoms with Gasteiger partial charge in [0.05, 0.1) is 18.7 Å². The predicted molar refractivity (Wildman–Crippen MR) is 111 cm³/mol. The Morgan fingerprint density at radius 1 is 1.17 bits per heavy atom. The maximum absolute atomic E-state index is 12.1. The Labute approximate surface area is 169 Å². The van der Waals surface area contributed by atoms with Gasteiger partial charge in [-0.3, -0.25) is 4.99 Å². The van der Waals surface area contributed by atoms with E-state index in [1.165, 1.54) is 0 Å². The van der Waals surface area contributed by atoms with Crippen LogP contribution in [0.15, 0.2) is 53.7 Å². The van der Waals surface area contributed by atoms with Gasteiger partial charge in [0.25, 0.3) is 0 Å². The fourth-order valence-corrected chi connectivity index (χ4v) is 2.75. The van der Waals surface area contributed by atoms with Gasteiger partial charge in [-0.2, -0.15) is 0 Å². The number of carbonyl (C=O) groups is 2. The summed E-state index contributed by atoms with van der Waals surface area (Å²) < 4.78 is 4.93. The lowest BCUT2D eigenvalue weighted by atomic mass is 10.2. The average molecular weight is 396 g/mol. The molecule has 1 aliphatic rings. The Hall–Kier alpha value is -3.62. The molecule has 0 unspecified atom stereocenters. The molecule has 0 aliphatic carbocycles. The molecule has 0 bridgehead atoms. The monoisotopic (exact) mass is 396 g/mol. The van der Waals surface area contributed by atoms with Crippen molar-refractivity contribution < 1.29 is 14.3 Å². The highest BCUT2D eigenvalue weighted by atomic mass is 16.5. The summed E-state index contributed by atoms with van der Waals surface area (Å²) in [4.78, 5) is 34.5. The first-order chi connectivity index (χ1) is 14.2. The topological polar surface area (TPSA) is 108 Å². The third-order valence-corrected chi connectivity index (χ3v) is 4.16. The Morgan fingerprint density at radius 3 is 2.72 bits per heavy atom. The number of nitrogens with zero attached hydrogens (tertiary/aromatic N) is 3. The fraction of sp³-hybridized carbons (Fsp3) is 0.300. The number of benzene rings is 1. The second kappa shape index (κ2) is 10.1. The first kappa shape index (κ1) is 20.1. The van der Waals surface area contributed by atoms with E-state index in [0.717, 1.165) is 18.3 Å². The van der Waals surface area contributed by atoms with Gasteiger partial charge in [-0.1, -0.05) is 6.07 Å². The van der Waals surface area contributed by atoms with Crippen LogP contribution in [-0.2, 0) is 4.74 Å². The zero-order valence-electron chi connectivity index (χ0n) is 16.2. The predicted octanol–water partition coefficient (Wildman–Crippen LogP) is 2.16. The van der Waals surface area contributed by atoms with Gasteiger partial charge in [0.1, 0.15) is 5.82 Å². The van der Waals surface area contributed by atoms with Crippen LogP contribution in [0.2, 0.25) is 0 Å². The summed E-state index contributed by atoms with van der Waals surface area (Å²) >= 11 is 0. The van der Waals surface area contributed by atoms with Crippen LogP contribution in [0.1, 0.15) is 17.3 Å². The molecule has 9 heteroatoms. The molecule has 2 heterocycles. The van der Waals surface area contributed by atoms with E-state index in [0.29, 0.717) is 37.5 Å². The Morgan fingerprint density at radius 2 is 2.00 bits per heavy atom. The van der Waals surface area contributed by atoms with Crippen LogP contribution >= 0.6 is 0 Å². The second-order valence-electron chi connectivity index (χ2n) is 6.21. The lowest BCUT2D eigenvalue weighted by Gasteiger charge is -2.21. The van der Waals surface area contributed by atoms with E-state index in [4.69, 9.17) is 4.74 Å². The van der Waals surface area contributed by atoms with Crippen LogP contribution in [0.3, 0.4) is 0 Å². The van der Waals surface area contributed by atoms with Gasteiger partial charge in [-0.05, 0) is 43.3 Å². The molecule has 1 aromatic heterocycles. The number of anilines is 2. The summed E-state index contributed by atoms with van der Waals surface area (Å²) in [6.45, 7) is 4.64. The van der Waals surface area contributed by atoms with Crippen LogP contribution in [0, 0.1) is 0 Å². The van der Waals surface area contributed by atoms with E-state index in [1.54, 1.807) is 37.4 Å². The number of amides is 2. The molecular weight excluding hydrogens is 372 g/mol. The minimum absolute atomic E-state index is 0.316. The summed E-state index contributed by atoms with van der Waals surface area (Å²) in [5.41, 5.74) is 1.04. The zero-order valence-corrected chi connectivity index (χ0v) is 16.2. The van der Waals surface area contributed by atoms with Crippen molar-refractivity contribution in [3.63, 3.8) is 0 Å². The van der Waals surface area contributed by atoms with E-state index in [9.17, 15) is 9.59 Å². The van der Waals surface area contributed by atoms with E-state index in [2.05, 4.69) is 30.8 Å². The van der Waals surface area contributed by atoms with Crippen molar-refractivity contribution in [2.75, 3.05) is 43.4 Å². The van der Waals surface area contributed by atoms with Gasteiger partial charge in [-0.15, -0.1) is 0 Å². The summed E-state index contributed by atoms with van der Waals surface area (Å²) in [7, 11) is 0. The molecule has 29 heavy (non-hydrogen) atoms. The largest absolute Gasteiger partial charge is 0.462 e. The Kier molecular flexibility index (Phi) is 6.99. The van der Waals surface area contributed by atoms with Gasteiger partial charge in [0, 0.05) is 31.5 Å². The van der Waals surface area contributed by atoms with Crippen LogP contribution < -0.4 is 16.0 Å². The molecule has 1 aromatic carbocycles. The summed E-state index contributed by atoms with van der Waals surface area (Å²) in [5, 5.41) is 8.75. The molecule has 0 atom stereocenters. The quantitative estimate of drug-likeness (QED) is 0.619. The van der Waals surface area contributed by atoms with E-state index in [-0.39, 0.29) is 12.0 Å². The number of guanidine groups is 1. The van der Waals surface area contributed by atoms with Crippen molar-refractivity contribution in [1.29, 1.82) is 0 Å². The average Bonchev–Trinajstić information content (AvgIpc) is 3.16. The van der Waals surface area contributed by atoms with Gasteiger partial charge >= 0.3 is 12.0 Å². The van der Waals surface area contributed by atoms with Gasteiger partial charge in [0.2, 0.25) is 0 Å². The summed E-state index contributed by atoms with van der Waals surface area (Å²) in [6.07, 6.45) is 1.72. The molecule has 0 radical (unpaired) electrons. The zero-order chi connectivity index (χ0) is 20.5. The number of hydrogen-bond donors (Lipinski definition) is 3. The highest BCUT2D eigenvalue weighted by Crippen LogP contribution is 2.10. The molecule has 9 nitrogen and oxygen atoms in total. The molecule has 0 spiro atoms. The van der Waals surface area contributed by atoms with Gasteiger partial charge in [0.15, 0.2) is 5.96 Å². The van der Waals surface area contributed by atoms with Crippen molar-refractivity contribution in [3.05, 3.63) is 54.2 Å². The number of ether oxygens (including phenoxy) is 1. The van der Waals surface area contributed by atoms with Gasteiger partial charge < -0.3 is 25.6 Å². The van der Waals surface area contributed by atoms with Crippen LogP contribution in [-0.4, -0.2) is 60.6 Å². The van der Waals surface area contributed by atoms with Crippen molar-refractivity contribution in [3.8, 4) is 0 Å². The number of rotatable bonds is 7. The molecule has 1 aliphatic heterocycles. The number of esters is 1. The number of pyridine rings is 1. The van der Waals surface area contributed by atoms with Crippen LogP contribution in [0.25, 0.3) is 0 Å². The fourth-order valence-electron chi connectivity index (χ4n) is 2.75.